The molecular weight excluding hydrogens is 198 g/mol. The summed E-state index contributed by atoms with van der Waals surface area (Å²) in [6.07, 6.45) is 2.62. The zero-order chi connectivity index (χ0) is 9.84. The first-order valence-electron chi connectivity index (χ1n) is 3.79. The third-order valence-electron chi connectivity index (χ3n) is 1.85. The topological polar surface area (TPSA) is 69.4 Å². The summed E-state index contributed by atoms with van der Waals surface area (Å²) in [6.45, 7) is 0. The SMILES string of the molecule is O=C(Cl)OC1=CCC([N+](=O)[O-])CC1. The van der Waals surface area contributed by atoms with Gasteiger partial charge in [-0.25, -0.2) is 4.79 Å². The van der Waals surface area contributed by atoms with E-state index in [0.717, 1.165) is 0 Å². The molecular formula is C7H8ClNO4. The summed E-state index contributed by atoms with van der Waals surface area (Å²) in [5.41, 5.74) is -0.897. The van der Waals surface area contributed by atoms with Gasteiger partial charge in [-0.05, 0) is 6.08 Å². The number of ether oxygens (including phenoxy) is 1. The molecule has 72 valence electrons. The van der Waals surface area contributed by atoms with Gasteiger partial charge < -0.3 is 4.74 Å². The van der Waals surface area contributed by atoms with E-state index in [1.165, 1.54) is 6.08 Å². The third kappa shape index (κ3) is 3.02. The summed E-state index contributed by atoms with van der Waals surface area (Å²) in [7, 11) is 0. The first kappa shape index (κ1) is 9.98. The van der Waals surface area contributed by atoms with Crippen molar-refractivity contribution in [2.24, 2.45) is 0 Å². The molecule has 13 heavy (non-hydrogen) atoms. The van der Waals surface area contributed by atoms with Gasteiger partial charge in [0.2, 0.25) is 6.04 Å². The molecule has 0 aromatic heterocycles. The number of nitrogens with zero attached hydrogens (tertiary/aromatic N) is 1. The zero-order valence-corrected chi connectivity index (χ0v) is 7.49. The van der Waals surface area contributed by atoms with E-state index in [0.29, 0.717) is 25.0 Å². The molecule has 0 saturated heterocycles. The van der Waals surface area contributed by atoms with E-state index in [-0.39, 0.29) is 4.92 Å². The lowest BCUT2D eigenvalue weighted by Gasteiger charge is -2.14. The number of halogens is 1. The molecule has 1 aliphatic carbocycles. The van der Waals surface area contributed by atoms with Crippen LogP contribution in [0.1, 0.15) is 19.3 Å². The predicted octanol–water partition coefficient (Wildman–Crippen LogP) is 2.07. The number of carbonyl (C=O) groups excluding carboxylic acids is 1. The van der Waals surface area contributed by atoms with Crippen molar-refractivity contribution >= 4 is 17.0 Å². The van der Waals surface area contributed by atoms with E-state index in [4.69, 9.17) is 11.6 Å². The monoisotopic (exact) mass is 205 g/mol. The quantitative estimate of drug-likeness (QED) is 0.393. The fourth-order valence-corrected chi connectivity index (χ4v) is 1.28. The van der Waals surface area contributed by atoms with E-state index < -0.39 is 11.5 Å². The first-order chi connectivity index (χ1) is 6.09. The van der Waals surface area contributed by atoms with Gasteiger partial charge in [0.1, 0.15) is 5.76 Å². The molecule has 6 heteroatoms. The van der Waals surface area contributed by atoms with Gasteiger partial charge in [0, 0.05) is 35.8 Å². The fraction of sp³-hybridized carbons (Fsp3) is 0.571. The van der Waals surface area contributed by atoms with Crippen LogP contribution in [0.2, 0.25) is 0 Å². The Balaban J connectivity index is 2.47. The summed E-state index contributed by atoms with van der Waals surface area (Å²) >= 11 is 4.97. The third-order valence-corrected chi connectivity index (χ3v) is 1.93. The van der Waals surface area contributed by atoms with Crippen LogP contribution in [0.3, 0.4) is 0 Å². The summed E-state index contributed by atoms with van der Waals surface area (Å²) in [4.78, 5) is 20.3. The number of nitro groups is 1. The molecule has 1 aliphatic rings. The molecule has 5 nitrogen and oxygen atoms in total. The smallest absolute Gasteiger partial charge is 0.408 e. The molecule has 0 fully saturated rings. The molecule has 1 unspecified atom stereocenters. The number of allylic oxidation sites excluding steroid dienone is 1. The highest BCUT2D eigenvalue weighted by atomic mass is 35.5. The van der Waals surface area contributed by atoms with Gasteiger partial charge in [0.05, 0.1) is 0 Å². The van der Waals surface area contributed by atoms with E-state index in [1.807, 2.05) is 0 Å². The Morgan fingerprint density at radius 3 is 2.85 bits per heavy atom. The second-order valence-electron chi connectivity index (χ2n) is 2.72. The van der Waals surface area contributed by atoms with Crippen LogP contribution in [0.4, 0.5) is 4.79 Å². The number of rotatable bonds is 2. The molecule has 0 radical (unpaired) electrons. The minimum Gasteiger partial charge on any atom is -0.419 e. The van der Waals surface area contributed by atoms with Gasteiger partial charge in [-0.2, -0.15) is 0 Å². The van der Waals surface area contributed by atoms with Crippen LogP contribution in [0.5, 0.6) is 0 Å². The average molecular weight is 206 g/mol. The Morgan fingerprint density at radius 1 is 1.77 bits per heavy atom. The molecule has 0 aromatic rings. The van der Waals surface area contributed by atoms with Crippen molar-refractivity contribution in [2.75, 3.05) is 0 Å². The molecule has 1 atom stereocenters. The van der Waals surface area contributed by atoms with Crippen LogP contribution >= 0.6 is 11.6 Å². The predicted molar refractivity (Wildman–Crippen MR) is 45.1 cm³/mol. The maximum Gasteiger partial charge on any atom is 0.408 e. The highest BCUT2D eigenvalue weighted by Crippen LogP contribution is 2.21. The number of hydrogen-bond donors (Lipinski definition) is 0. The second kappa shape index (κ2) is 4.23. The first-order valence-corrected chi connectivity index (χ1v) is 4.17. The zero-order valence-electron chi connectivity index (χ0n) is 6.73. The molecule has 0 heterocycles. The molecule has 0 spiro atoms. The van der Waals surface area contributed by atoms with E-state index in [2.05, 4.69) is 4.74 Å². The van der Waals surface area contributed by atoms with Gasteiger partial charge >= 0.3 is 5.43 Å². The van der Waals surface area contributed by atoms with E-state index >= 15 is 0 Å². The summed E-state index contributed by atoms with van der Waals surface area (Å²) in [5, 5.41) is 10.3. The lowest BCUT2D eigenvalue weighted by Crippen LogP contribution is -2.22. The number of hydrogen-bond acceptors (Lipinski definition) is 4. The lowest BCUT2D eigenvalue weighted by atomic mass is 10.0. The van der Waals surface area contributed by atoms with E-state index in [1.54, 1.807) is 0 Å². The van der Waals surface area contributed by atoms with Crippen LogP contribution < -0.4 is 0 Å². The van der Waals surface area contributed by atoms with Crippen molar-refractivity contribution in [1.82, 2.24) is 0 Å². The Morgan fingerprint density at radius 2 is 2.46 bits per heavy atom. The minimum absolute atomic E-state index is 0.298. The van der Waals surface area contributed by atoms with Crippen molar-refractivity contribution in [3.05, 3.63) is 21.9 Å². The van der Waals surface area contributed by atoms with Gasteiger partial charge in [-0.1, -0.05) is 0 Å². The molecule has 0 amide bonds. The molecule has 0 N–H and O–H groups in total. The van der Waals surface area contributed by atoms with Crippen LogP contribution in [-0.4, -0.2) is 16.4 Å². The largest absolute Gasteiger partial charge is 0.419 e. The molecule has 1 rings (SSSR count). The highest BCUT2D eigenvalue weighted by Gasteiger charge is 2.24. The Labute approximate surface area is 79.5 Å². The van der Waals surface area contributed by atoms with Gasteiger partial charge in [-0.3, -0.25) is 10.1 Å². The van der Waals surface area contributed by atoms with Crippen molar-refractivity contribution < 1.29 is 14.5 Å². The van der Waals surface area contributed by atoms with Gasteiger partial charge in [0.25, 0.3) is 0 Å². The van der Waals surface area contributed by atoms with Gasteiger partial charge in [-0.15, -0.1) is 0 Å². The molecule has 0 aromatic carbocycles. The molecule has 0 aliphatic heterocycles. The number of carbonyl (C=O) groups is 1. The van der Waals surface area contributed by atoms with Crippen LogP contribution in [0.15, 0.2) is 11.8 Å². The summed E-state index contributed by atoms with van der Waals surface area (Å²) < 4.78 is 4.58. The maximum absolute atomic E-state index is 10.3. The van der Waals surface area contributed by atoms with Crippen LogP contribution in [0.25, 0.3) is 0 Å². The van der Waals surface area contributed by atoms with Gasteiger partial charge in [0.15, 0.2) is 0 Å². The standard InChI is InChI=1S/C7H8ClNO4/c8-7(10)13-6-3-1-5(2-4-6)9(11)12/h3,5H,1-2,4H2. The summed E-state index contributed by atoms with van der Waals surface area (Å²) in [6, 6.07) is -0.558. The van der Waals surface area contributed by atoms with Crippen molar-refractivity contribution in [3.63, 3.8) is 0 Å². The van der Waals surface area contributed by atoms with Crippen molar-refractivity contribution in [3.8, 4) is 0 Å². The van der Waals surface area contributed by atoms with Crippen molar-refractivity contribution in [2.45, 2.75) is 25.3 Å². The molecule has 0 bridgehead atoms. The Kier molecular flexibility index (Phi) is 3.25. The maximum atomic E-state index is 10.3. The van der Waals surface area contributed by atoms with Crippen molar-refractivity contribution in [1.29, 1.82) is 0 Å². The molecule has 0 saturated carbocycles. The second-order valence-corrected chi connectivity index (χ2v) is 3.03. The Hall–Kier alpha value is -1.10. The highest BCUT2D eigenvalue weighted by molar-refractivity contribution is 6.61. The average Bonchev–Trinajstić information content (AvgIpc) is 2.04. The fourth-order valence-electron chi connectivity index (χ4n) is 1.18. The van der Waals surface area contributed by atoms with E-state index in [9.17, 15) is 14.9 Å². The minimum atomic E-state index is -0.897. The lowest BCUT2D eigenvalue weighted by molar-refractivity contribution is -0.523. The van der Waals surface area contributed by atoms with Crippen LogP contribution in [0, 0.1) is 10.1 Å². The normalized spacial score (nSPS) is 21.9. The Bertz CT molecular complexity index is 263. The van der Waals surface area contributed by atoms with Crippen LogP contribution in [-0.2, 0) is 4.74 Å². The summed E-state index contributed by atoms with van der Waals surface area (Å²) in [5.74, 6) is 0.429.